The molecule has 1 unspecified atom stereocenters. The van der Waals surface area contributed by atoms with Gasteiger partial charge in [-0.05, 0) is 23.3 Å². The molecule has 2 nitrogen and oxygen atoms in total. The first kappa shape index (κ1) is 12.3. The van der Waals surface area contributed by atoms with Crippen molar-refractivity contribution in [1.82, 2.24) is 5.32 Å². The van der Waals surface area contributed by atoms with Gasteiger partial charge in [-0.1, -0.05) is 42.5 Å². The third kappa shape index (κ3) is 3.16. The van der Waals surface area contributed by atoms with Gasteiger partial charge in [0.1, 0.15) is 11.9 Å². The van der Waals surface area contributed by atoms with Crippen molar-refractivity contribution in [3.8, 4) is 6.07 Å². The Morgan fingerprint density at radius 2 is 1.72 bits per heavy atom. The van der Waals surface area contributed by atoms with Gasteiger partial charge in [0.2, 0.25) is 0 Å². The van der Waals surface area contributed by atoms with Crippen LogP contribution in [0.1, 0.15) is 17.2 Å². The van der Waals surface area contributed by atoms with E-state index in [1.165, 1.54) is 12.1 Å². The van der Waals surface area contributed by atoms with Crippen molar-refractivity contribution in [3.05, 3.63) is 71.5 Å². The van der Waals surface area contributed by atoms with Crippen LogP contribution in [0.4, 0.5) is 4.39 Å². The summed E-state index contributed by atoms with van der Waals surface area (Å²) in [6.07, 6.45) is 0. The Bertz CT molecular complexity index is 529. The SMILES string of the molecule is N#CC(NCc1ccc(F)cc1)c1ccccc1. The second-order valence-corrected chi connectivity index (χ2v) is 3.98. The molecular weight excluding hydrogens is 227 g/mol. The molecule has 0 saturated heterocycles. The van der Waals surface area contributed by atoms with Crippen molar-refractivity contribution >= 4 is 0 Å². The molecule has 2 rings (SSSR count). The number of rotatable bonds is 4. The molecule has 0 aliphatic carbocycles. The predicted molar refractivity (Wildman–Crippen MR) is 68.0 cm³/mol. The van der Waals surface area contributed by atoms with Gasteiger partial charge in [0.15, 0.2) is 0 Å². The maximum Gasteiger partial charge on any atom is 0.123 e. The van der Waals surface area contributed by atoms with Crippen LogP contribution in [0.2, 0.25) is 0 Å². The Labute approximate surface area is 106 Å². The highest BCUT2D eigenvalue weighted by Crippen LogP contribution is 2.12. The number of nitriles is 1. The summed E-state index contributed by atoms with van der Waals surface area (Å²) in [6.45, 7) is 0.535. The minimum Gasteiger partial charge on any atom is -0.294 e. The van der Waals surface area contributed by atoms with E-state index in [1.807, 2.05) is 30.3 Å². The number of nitrogens with one attached hydrogen (secondary N) is 1. The molecule has 1 N–H and O–H groups in total. The van der Waals surface area contributed by atoms with Crippen LogP contribution >= 0.6 is 0 Å². The van der Waals surface area contributed by atoms with Gasteiger partial charge in [0.25, 0.3) is 0 Å². The average Bonchev–Trinajstić information content (AvgIpc) is 2.43. The molecule has 0 saturated carbocycles. The van der Waals surface area contributed by atoms with Crippen molar-refractivity contribution in [2.45, 2.75) is 12.6 Å². The number of halogens is 1. The molecule has 0 aromatic heterocycles. The van der Waals surface area contributed by atoms with Crippen LogP contribution in [0.5, 0.6) is 0 Å². The lowest BCUT2D eigenvalue weighted by molar-refractivity contribution is 0.616. The number of benzene rings is 2. The molecule has 0 amide bonds. The zero-order valence-corrected chi connectivity index (χ0v) is 9.81. The van der Waals surface area contributed by atoms with Gasteiger partial charge >= 0.3 is 0 Å². The fraction of sp³-hybridized carbons (Fsp3) is 0.133. The second-order valence-electron chi connectivity index (χ2n) is 3.98. The quantitative estimate of drug-likeness (QED) is 0.890. The summed E-state index contributed by atoms with van der Waals surface area (Å²) >= 11 is 0. The maximum atomic E-state index is 12.7. The largest absolute Gasteiger partial charge is 0.294 e. The van der Waals surface area contributed by atoms with E-state index in [4.69, 9.17) is 5.26 Å². The van der Waals surface area contributed by atoms with Crippen molar-refractivity contribution in [1.29, 1.82) is 5.26 Å². The molecule has 18 heavy (non-hydrogen) atoms. The van der Waals surface area contributed by atoms with E-state index in [1.54, 1.807) is 12.1 Å². The first-order chi connectivity index (χ1) is 8.79. The van der Waals surface area contributed by atoms with Gasteiger partial charge in [-0.2, -0.15) is 5.26 Å². The van der Waals surface area contributed by atoms with E-state index in [0.717, 1.165) is 11.1 Å². The average molecular weight is 240 g/mol. The zero-order valence-electron chi connectivity index (χ0n) is 9.81. The van der Waals surface area contributed by atoms with Crippen LogP contribution in [-0.4, -0.2) is 0 Å². The number of nitrogens with zero attached hydrogens (tertiary/aromatic N) is 1. The lowest BCUT2D eigenvalue weighted by Gasteiger charge is -2.11. The van der Waals surface area contributed by atoms with Crippen molar-refractivity contribution < 1.29 is 4.39 Å². The van der Waals surface area contributed by atoms with Crippen molar-refractivity contribution in [2.24, 2.45) is 0 Å². The van der Waals surface area contributed by atoms with E-state index < -0.39 is 0 Å². The maximum absolute atomic E-state index is 12.7. The smallest absolute Gasteiger partial charge is 0.123 e. The number of hydrogen-bond acceptors (Lipinski definition) is 2. The third-order valence-corrected chi connectivity index (χ3v) is 2.69. The molecule has 0 radical (unpaired) electrons. The molecule has 0 aliphatic rings. The normalized spacial score (nSPS) is 11.8. The summed E-state index contributed by atoms with van der Waals surface area (Å²) in [5.74, 6) is -0.251. The topological polar surface area (TPSA) is 35.8 Å². The monoisotopic (exact) mass is 240 g/mol. The molecule has 90 valence electrons. The van der Waals surface area contributed by atoms with E-state index in [2.05, 4.69) is 11.4 Å². The summed E-state index contributed by atoms with van der Waals surface area (Å²) in [6, 6.07) is 17.7. The molecule has 3 heteroatoms. The highest BCUT2D eigenvalue weighted by molar-refractivity contribution is 5.24. The van der Waals surface area contributed by atoms with Gasteiger partial charge in [0, 0.05) is 6.54 Å². The van der Waals surface area contributed by atoms with Crippen LogP contribution in [0.3, 0.4) is 0 Å². The van der Waals surface area contributed by atoms with Gasteiger partial charge in [0.05, 0.1) is 6.07 Å². The summed E-state index contributed by atoms with van der Waals surface area (Å²) in [5, 5.41) is 12.3. The van der Waals surface area contributed by atoms with Gasteiger partial charge in [-0.25, -0.2) is 4.39 Å². The fourth-order valence-corrected chi connectivity index (χ4v) is 1.71. The van der Waals surface area contributed by atoms with Crippen LogP contribution in [-0.2, 0) is 6.54 Å². The Hall–Kier alpha value is -2.18. The lowest BCUT2D eigenvalue weighted by Crippen LogP contribution is -2.19. The van der Waals surface area contributed by atoms with Crippen LogP contribution in [0.15, 0.2) is 54.6 Å². The van der Waals surface area contributed by atoms with Crippen molar-refractivity contribution in [2.75, 3.05) is 0 Å². The molecule has 0 bridgehead atoms. The Morgan fingerprint density at radius 3 is 2.33 bits per heavy atom. The first-order valence-electron chi connectivity index (χ1n) is 5.72. The zero-order chi connectivity index (χ0) is 12.8. The van der Waals surface area contributed by atoms with Gasteiger partial charge < -0.3 is 0 Å². The molecule has 2 aromatic carbocycles. The van der Waals surface area contributed by atoms with Gasteiger partial charge in [-0.3, -0.25) is 5.32 Å². The van der Waals surface area contributed by atoms with Crippen LogP contribution in [0.25, 0.3) is 0 Å². The standard InChI is InChI=1S/C15H13FN2/c16-14-8-6-12(7-9-14)11-18-15(10-17)13-4-2-1-3-5-13/h1-9,15,18H,11H2. The van der Waals surface area contributed by atoms with Gasteiger partial charge in [-0.15, -0.1) is 0 Å². The molecule has 2 aromatic rings. The third-order valence-electron chi connectivity index (χ3n) is 2.69. The summed E-state index contributed by atoms with van der Waals surface area (Å²) < 4.78 is 12.7. The van der Waals surface area contributed by atoms with Crippen LogP contribution in [0, 0.1) is 17.1 Å². The summed E-state index contributed by atoms with van der Waals surface area (Å²) in [7, 11) is 0. The second kappa shape index (κ2) is 5.95. The molecule has 0 aliphatic heterocycles. The number of hydrogen-bond donors (Lipinski definition) is 1. The lowest BCUT2D eigenvalue weighted by atomic mass is 10.1. The van der Waals surface area contributed by atoms with E-state index in [9.17, 15) is 4.39 Å². The van der Waals surface area contributed by atoms with E-state index in [0.29, 0.717) is 6.54 Å². The molecule has 0 heterocycles. The molecule has 0 spiro atoms. The predicted octanol–water partition coefficient (Wildman–Crippen LogP) is 3.18. The van der Waals surface area contributed by atoms with E-state index >= 15 is 0 Å². The molecular formula is C15H13FN2. The highest BCUT2D eigenvalue weighted by atomic mass is 19.1. The fourth-order valence-electron chi connectivity index (χ4n) is 1.71. The first-order valence-corrected chi connectivity index (χ1v) is 5.72. The molecule has 0 fully saturated rings. The summed E-state index contributed by atoms with van der Waals surface area (Å²) in [4.78, 5) is 0. The Balaban J connectivity index is 2.00. The van der Waals surface area contributed by atoms with E-state index in [-0.39, 0.29) is 11.9 Å². The minimum absolute atomic E-state index is 0.251. The Morgan fingerprint density at radius 1 is 1.06 bits per heavy atom. The van der Waals surface area contributed by atoms with Crippen molar-refractivity contribution in [3.63, 3.8) is 0 Å². The van der Waals surface area contributed by atoms with Crippen LogP contribution < -0.4 is 5.32 Å². The Kier molecular flexibility index (Phi) is 4.06. The molecule has 1 atom stereocenters. The minimum atomic E-state index is -0.351. The summed E-state index contributed by atoms with van der Waals surface area (Å²) in [5.41, 5.74) is 1.88. The highest BCUT2D eigenvalue weighted by Gasteiger charge is 2.08.